The fourth-order valence-corrected chi connectivity index (χ4v) is 3.49. The van der Waals surface area contributed by atoms with Crippen LogP contribution in [0.3, 0.4) is 0 Å². The molecule has 1 amide bonds. The van der Waals surface area contributed by atoms with Crippen LogP contribution in [0.1, 0.15) is 43.0 Å². The first-order valence-corrected chi connectivity index (χ1v) is 7.54. The van der Waals surface area contributed by atoms with E-state index in [9.17, 15) is 4.79 Å². The second-order valence-electron chi connectivity index (χ2n) is 5.78. The lowest BCUT2D eigenvalue weighted by atomic mass is 9.90. The molecule has 1 saturated carbocycles. The molecule has 20 heavy (non-hydrogen) atoms. The van der Waals surface area contributed by atoms with Crippen LogP contribution in [-0.4, -0.2) is 25.1 Å². The van der Waals surface area contributed by atoms with E-state index in [1.165, 1.54) is 19.3 Å². The van der Waals surface area contributed by atoms with E-state index in [1.807, 2.05) is 12.1 Å². The summed E-state index contributed by atoms with van der Waals surface area (Å²) in [7, 11) is 0. The van der Waals surface area contributed by atoms with Gasteiger partial charge in [-0.05, 0) is 37.3 Å². The largest absolute Gasteiger partial charge is 0.491 e. The topological polar surface area (TPSA) is 55.6 Å². The van der Waals surface area contributed by atoms with Gasteiger partial charge in [-0.25, -0.2) is 0 Å². The Morgan fingerprint density at radius 1 is 1.45 bits per heavy atom. The number of rotatable bonds is 5. The maximum Gasteiger partial charge on any atom is 0.250 e. The highest BCUT2D eigenvalue weighted by molar-refractivity contribution is 6.00. The predicted molar refractivity (Wildman–Crippen MR) is 79.2 cm³/mol. The van der Waals surface area contributed by atoms with E-state index in [2.05, 4.69) is 11.8 Å². The molecule has 4 nitrogen and oxygen atoms in total. The summed E-state index contributed by atoms with van der Waals surface area (Å²) in [5.74, 6) is 1.21. The SMILES string of the molecule is CCCOc1cccc(C(N)=O)c1N1CC2CCCC21. The Labute approximate surface area is 119 Å². The number of anilines is 1. The van der Waals surface area contributed by atoms with E-state index >= 15 is 0 Å². The number of amides is 1. The molecule has 1 saturated heterocycles. The Balaban J connectivity index is 1.95. The first-order chi connectivity index (χ1) is 9.72. The Morgan fingerprint density at radius 3 is 3.00 bits per heavy atom. The summed E-state index contributed by atoms with van der Waals surface area (Å²) in [5, 5.41) is 0. The fourth-order valence-electron chi connectivity index (χ4n) is 3.49. The Hall–Kier alpha value is -1.71. The molecule has 2 N–H and O–H groups in total. The van der Waals surface area contributed by atoms with Crippen molar-refractivity contribution in [3.05, 3.63) is 23.8 Å². The highest BCUT2D eigenvalue weighted by atomic mass is 16.5. The fraction of sp³-hybridized carbons (Fsp3) is 0.562. The van der Waals surface area contributed by atoms with Crippen molar-refractivity contribution in [3.8, 4) is 5.75 Å². The average molecular weight is 274 g/mol. The van der Waals surface area contributed by atoms with Gasteiger partial charge in [0.15, 0.2) is 0 Å². The van der Waals surface area contributed by atoms with Crippen molar-refractivity contribution in [3.63, 3.8) is 0 Å². The monoisotopic (exact) mass is 274 g/mol. The highest BCUT2D eigenvalue weighted by Gasteiger charge is 2.44. The van der Waals surface area contributed by atoms with Crippen LogP contribution in [0.4, 0.5) is 5.69 Å². The zero-order valence-corrected chi connectivity index (χ0v) is 12.0. The molecule has 1 aromatic rings. The minimum Gasteiger partial charge on any atom is -0.491 e. The molecule has 2 unspecified atom stereocenters. The maximum atomic E-state index is 11.7. The van der Waals surface area contributed by atoms with E-state index in [1.54, 1.807) is 6.07 Å². The molecule has 3 rings (SSSR count). The first-order valence-electron chi connectivity index (χ1n) is 7.54. The second-order valence-corrected chi connectivity index (χ2v) is 5.78. The van der Waals surface area contributed by atoms with Crippen molar-refractivity contribution in [2.45, 2.75) is 38.6 Å². The number of nitrogens with zero attached hydrogens (tertiary/aromatic N) is 1. The number of fused-ring (bicyclic) bond motifs is 1. The Bertz CT molecular complexity index is 515. The molecule has 2 atom stereocenters. The van der Waals surface area contributed by atoms with E-state index in [4.69, 9.17) is 10.5 Å². The normalized spacial score (nSPS) is 24.1. The van der Waals surface area contributed by atoms with E-state index in [0.717, 1.165) is 30.3 Å². The summed E-state index contributed by atoms with van der Waals surface area (Å²) >= 11 is 0. The number of hydrogen-bond donors (Lipinski definition) is 1. The van der Waals surface area contributed by atoms with E-state index < -0.39 is 0 Å². The van der Waals surface area contributed by atoms with Gasteiger partial charge in [-0.3, -0.25) is 4.79 Å². The smallest absolute Gasteiger partial charge is 0.250 e. The molecule has 0 bridgehead atoms. The third kappa shape index (κ3) is 2.13. The van der Waals surface area contributed by atoms with Crippen molar-refractivity contribution in [2.75, 3.05) is 18.1 Å². The van der Waals surface area contributed by atoms with Gasteiger partial charge in [-0.15, -0.1) is 0 Å². The lowest BCUT2D eigenvalue weighted by molar-refractivity contribution is 0.0999. The molecule has 2 fully saturated rings. The molecular weight excluding hydrogens is 252 g/mol. The van der Waals surface area contributed by atoms with E-state index in [0.29, 0.717) is 18.2 Å². The molecule has 1 aliphatic carbocycles. The van der Waals surface area contributed by atoms with Crippen LogP contribution in [-0.2, 0) is 0 Å². The molecule has 4 heteroatoms. The highest BCUT2D eigenvalue weighted by Crippen LogP contribution is 2.46. The number of benzene rings is 1. The molecule has 108 valence electrons. The van der Waals surface area contributed by atoms with Crippen molar-refractivity contribution in [1.82, 2.24) is 0 Å². The predicted octanol–water partition coefficient (Wildman–Crippen LogP) is 2.56. The van der Waals surface area contributed by atoms with Gasteiger partial charge in [0.2, 0.25) is 0 Å². The molecule has 2 aliphatic rings. The van der Waals surface area contributed by atoms with Gasteiger partial charge >= 0.3 is 0 Å². The van der Waals surface area contributed by atoms with Crippen LogP contribution in [0.2, 0.25) is 0 Å². The van der Waals surface area contributed by atoms with Gasteiger partial charge in [0, 0.05) is 12.6 Å². The summed E-state index contributed by atoms with van der Waals surface area (Å²) in [4.78, 5) is 14.0. The molecule has 0 spiro atoms. The van der Waals surface area contributed by atoms with Crippen LogP contribution in [0.25, 0.3) is 0 Å². The average Bonchev–Trinajstić information content (AvgIpc) is 2.78. The van der Waals surface area contributed by atoms with Gasteiger partial charge < -0.3 is 15.4 Å². The van der Waals surface area contributed by atoms with Crippen molar-refractivity contribution >= 4 is 11.6 Å². The number of primary amides is 1. The number of para-hydroxylation sites is 1. The van der Waals surface area contributed by atoms with Gasteiger partial charge in [0.1, 0.15) is 5.75 Å². The number of carbonyl (C=O) groups is 1. The van der Waals surface area contributed by atoms with Crippen molar-refractivity contribution in [1.29, 1.82) is 0 Å². The zero-order chi connectivity index (χ0) is 14.1. The molecule has 1 aromatic carbocycles. The van der Waals surface area contributed by atoms with Gasteiger partial charge in [-0.1, -0.05) is 19.4 Å². The van der Waals surface area contributed by atoms with Crippen LogP contribution in [0, 0.1) is 5.92 Å². The number of nitrogens with two attached hydrogens (primary N) is 1. The summed E-state index contributed by atoms with van der Waals surface area (Å²) in [5.41, 5.74) is 7.05. The summed E-state index contributed by atoms with van der Waals surface area (Å²) in [6.07, 6.45) is 4.76. The number of hydrogen-bond acceptors (Lipinski definition) is 3. The Morgan fingerprint density at radius 2 is 2.30 bits per heavy atom. The molecule has 0 aromatic heterocycles. The molecular formula is C16H22N2O2. The molecule has 1 aliphatic heterocycles. The third-order valence-corrected chi connectivity index (χ3v) is 4.46. The zero-order valence-electron chi connectivity index (χ0n) is 12.0. The summed E-state index contributed by atoms with van der Waals surface area (Å²) in [6, 6.07) is 6.17. The van der Waals surface area contributed by atoms with Crippen molar-refractivity contribution < 1.29 is 9.53 Å². The lowest BCUT2D eigenvalue weighted by Gasteiger charge is -2.47. The standard InChI is InChI=1S/C16H22N2O2/c1-2-9-20-14-8-4-6-12(16(17)19)15(14)18-10-11-5-3-7-13(11)18/h4,6,8,11,13H,2-3,5,7,9-10H2,1H3,(H2,17,19). The number of carbonyl (C=O) groups excluding carboxylic acids is 1. The van der Waals surface area contributed by atoms with Gasteiger partial charge in [-0.2, -0.15) is 0 Å². The number of ether oxygens (including phenoxy) is 1. The third-order valence-electron chi connectivity index (χ3n) is 4.46. The minimum atomic E-state index is -0.372. The van der Waals surface area contributed by atoms with Crippen LogP contribution in [0.5, 0.6) is 5.75 Å². The maximum absolute atomic E-state index is 11.7. The Kier molecular flexibility index (Phi) is 3.55. The molecule has 0 radical (unpaired) electrons. The lowest BCUT2D eigenvalue weighted by Crippen LogP contribution is -2.54. The summed E-state index contributed by atoms with van der Waals surface area (Å²) < 4.78 is 5.83. The molecule has 1 heterocycles. The van der Waals surface area contributed by atoms with Gasteiger partial charge in [0.25, 0.3) is 5.91 Å². The van der Waals surface area contributed by atoms with Gasteiger partial charge in [0.05, 0.1) is 17.9 Å². The minimum absolute atomic E-state index is 0.372. The second kappa shape index (κ2) is 5.35. The summed E-state index contributed by atoms with van der Waals surface area (Å²) in [6.45, 7) is 3.77. The first kappa shape index (κ1) is 13.3. The van der Waals surface area contributed by atoms with E-state index in [-0.39, 0.29) is 5.91 Å². The van der Waals surface area contributed by atoms with Crippen LogP contribution < -0.4 is 15.4 Å². The van der Waals surface area contributed by atoms with Crippen LogP contribution in [0.15, 0.2) is 18.2 Å². The quantitative estimate of drug-likeness (QED) is 0.897. The van der Waals surface area contributed by atoms with Crippen LogP contribution >= 0.6 is 0 Å². The van der Waals surface area contributed by atoms with Crippen molar-refractivity contribution in [2.24, 2.45) is 11.7 Å².